The summed E-state index contributed by atoms with van der Waals surface area (Å²) in [6, 6.07) is 12.2. The van der Waals surface area contributed by atoms with Gasteiger partial charge in [0.2, 0.25) is 0 Å². The van der Waals surface area contributed by atoms with Crippen LogP contribution in [-0.2, 0) is 9.53 Å². The van der Waals surface area contributed by atoms with E-state index in [-0.39, 0.29) is 6.61 Å². The second-order valence-electron chi connectivity index (χ2n) is 5.21. The molecule has 130 valence electrons. The number of ether oxygens (including phenoxy) is 3. The molecule has 0 aliphatic carbocycles. The zero-order valence-electron chi connectivity index (χ0n) is 13.6. The predicted octanol–water partition coefficient (Wildman–Crippen LogP) is 2.98. The van der Waals surface area contributed by atoms with E-state index in [9.17, 15) is 9.59 Å². The molecule has 1 aliphatic rings. The van der Waals surface area contributed by atoms with Gasteiger partial charge in [-0.3, -0.25) is 4.79 Å². The molecule has 7 heteroatoms. The molecular formula is C18H17NO5S. The molecule has 1 aliphatic heterocycles. The van der Waals surface area contributed by atoms with Crippen LogP contribution in [0.15, 0.2) is 47.4 Å². The van der Waals surface area contributed by atoms with Crippen molar-refractivity contribution in [1.29, 1.82) is 0 Å². The van der Waals surface area contributed by atoms with E-state index in [0.717, 1.165) is 4.90 Å². The number of fused-ring (bicyclic) bond motifs is 1. The van der Waals surface area contributed by atoms with Gasteiger partial charge >= 0.3 is 5.97 Å². The Balaban J connectivity index is 1.53. The molecule has 0 unspecified atom stereocenters. The number of thioether (sulfide) groups is 1. The molecule has 0 saturated carbocycles. The fourth-order valence-corrected chi connectivity index (χ4v) is 2.66. The normalized spacial score (nSPS) is 12.4. The molecular weight excluding hydrogens is 342 g/mol. The SMILES string of the molecule is CSc1ccc(NC(=O)COC(=O)c2ccc3c(c2)OCCO3)cc1. The Morgan fingerprint density at radius 3 is 2.52 bits per heavy atom. The van der Waals surface area contributed by atoms with Gasteiger partial charge in [-0.05, 0) is 48.7 Å². The first-order valence-corrected chi connectivity index (χ1v) is 8.89. The van der Waals surface area contributed by atoms with Gasteiger partial charge in [0.1, 0.15) is 13.2 Å². The first-order chi connectivity index (χ1) is 12.2. The maximum Gasteiger partial charge on any atom is 0.338 e. The van der Waals surface area contributed by atoms with E-state index in [4.69, 9.17) is 14.2 Å². The molecule has 3 rings (SSSR count). The van der Waals surface area contributed by atoms with Crippen LogP contribution in [0.4, 0.5) is 5.69 Å². The van der Waals surface area contributed by atoms with Crippen molar-refractivity contribution in [1.82, 2.24) is 0 Å². The van der Waals surface area contributed by atoms with Gasteiger partial charge in [-0.25, -0.2) is 4.79 Å². The van der Waals surface area contributed by atoms with Crippen molar-refractivity contribution in [3.05, 3.63) is 48.0 Å². The lowest BCUT2D eigenvalue weighted by Crippen LogP contribution is -2.21. The third kappa shape index (κ3) is 4.45. The fourth-order valence-electron chi connectivity index (χ4n) is 2.26. The largest absolute Gasteiger partial charge is 0.486 e. The second kappa shape index (κ2) is 7.94. The number of carbonyl (C=O) groups is 2. The minimum atomic E-state index is -0.593. The topological polar surface area (TPSA) is 73.9 Å². The molecule has 2 aromatic carbocycles. The van der Waals surface area contributed by atoms with Crippen molar-refractivity contribution < 1.29 is 23.8 Å². The fraction of sp³-hybridized carbons (Fsp3) is 0.222. The third-order valence-corrected chi connectivity index (χ3v) is 4.23. The highest BCUT2D eigenvalue weighted by atomic mass is 32.2. The van der Waals surface area contributed by atoms with Gasteiger partial charge in [-0.1, -0.05) is 0 Å². The highest BCUT2D eigenvalue weighted by Crippen LogP contribution is 2.30. The zero-order valence-corrected chi connectivity index (χ0v) is 14.4. The molecule has 6 nitrogen and oxygen atoms in total. The Hall–Kier alpha value is -2.67. The van der Waals surface area contributed by atoms with Crippen LogP contribution in [-0.4, -0.2) is 38.0 Å². The molecule has 25 heavy (non-hydrogen) atoms. The lowest BCUT2D eigenvalue weighted by molar-refractivity contribution is -0.119. The Morgan fingerprint density at radius 2 is 1.80 bits per heavy atom. The van der Waals surface area contributed by atoms with E-state index in [1.54, 1.807) is 42.1 Å². The maximum absolute atomic E-state index is 12.1. The van der Waals surface area contributed by atoms with Gasteiger partial charge in [0.15, 0.2) is 18.1 Å². The van der Waals surface area contributed by atoms with Crippen molar-refractivity contribution in [2.75, 3.05) is 31.4 Å². The van der Waals surface area contributed by atoms with Gasteiger partial charge < -0.3 is 19.5 Å². The Labute approximate surface area is 149 Å². The van der Waals surface area contributed by atoms with Crippen LogP contribution in [0.25, 0.3) is 0 Å². The monoisotopic (exact) mass is 359 g/mol. The molecule has 1 N–H and O–H groups in total. The zero-order chi connectivity index (χ0) is 17.6. The van der Waals surface area contributed by atoms with Gasteiger partial charge in [-0.15, -0.1) is 11.8 Å². The number of amides is 1. The number of esters is 1. The molecule has 0 saturated heterocycles. The standard InChI is InChI=1S/C18H17NO5S/c1-25-14-5-3-13(4-6-14)19-17(20)11-24-18(21)12-2-7-15-16(10-12)23-9-8-22-15/h2-7,10H,8-9,11H2,1H3,(H,19,20). The molecule has 0 radical (unpaired) electrons. The summed E-state index contributed by atoms with van der Waals surface area (Å²) >= 11 is 1.62. The summed E-state index contributed by atoms with van der Waals surface area (Å²) in [5, 5.41) is 2.68. The summed E-state index contributed by atoms with van der Waals surface area (Å²) < 4.78 is 15.9. The highest BCUT2D eigenvalue weighted by molar-refractivity contribution is 7.98. The minimum absolute atomic E-state index is 0.307. The van der Waals surface area contributed by atoms with Crippen LogP contribution in [0.2, 0.25) is 0 Å². The number of carbonyl (C=O) groups excluding carboxylic acids is 2. The lowest BCUT2D eigenvalue weighted by atomic mass is 10.2. The first-order valence-electron chi connectivity index (χ1n) is 7.66. The molecule has 0 spiro atoms. The number of nitrogens with one attached hydrogen (secondary N) is 1. The molecule has 0 aromatic heterocycles. The van der Waals surface area contributed by atoms with E-state index in [0.29, 0.717) is 36.0 Å². The van der Waals surface area contributed by atoms with Gasteiger partial charge in [0, 0.05) is 10.6 Å². The highest BCUT2D eigenvalue weighted by Gasteiger charge is 2.16. The van der Waals surface area contributed by atoms with E-state index < -0.39 is 11.9 Å². The van der Waals surface area contributed by atoms with E-state index >= 15 is 0 Å². The van der Waals surface area contributed by atoms with Crippen LogP contribution in [0.5, 0.6) is 11.5 Å². The van der Waals surface area contributed by atoms with Crippen LogP contribution in [0.1, 0.15) is 10.4 Å². The van der Waals surface area contributed by atoms with E-state index in [1.165, 1.54) is 0 Å². The van der Waals surface area contributed by atoms with Crippen molar-refractivity contribution in [2.45, 2.75) is 4.90 Å². The number of hydrogen-bond acceptors (Lipinski definition) is 6. The molecule has 1 amide bonds. The van der Waals surface area contributed by atoms with Crippen molar-refractivity contribution >= 4 is 29.3 Å². The Kier molecular flexibility index (Phi) is 5.45. The average Bonchev–Trinajstić information content (AvgIpc) is 2.66. The summed E-state index contributed by atoms with van der Waals surface area (Å²) in [4.78, 5) is 25.1. The number of benzene rings is 2. The van der Waals surface area contributed by atoms with Crippen molar-refractivity contribution in [2.24, 2.45) is 0 Å². The summed E-state index contributed by atoms with van der Waals surface area (Å²) in [6.45, 7) is 0.551. The van der Waals surface area contributed by atoms with Crippen LogP contribution in [0.3, 0.4) is 0 Å². The van der Waals surface area contributed by atoms with Crippen molar-refractivity contribution in [3.63, 3.8) is 0 Å². The molecule has 0 bridgehead atoms. The van der Waals surface area contributed by atoms with E-state index in [2.05, 4.69) is 5.32 Å². The minimum Gasteiger partial charge on any atom is -0.486 e. The molecule has 0 fully saturated rings. The summed E-state index contributed by atoms with van der Waals surface area (Å²) in [5.41, 5.74) is 0.958. The molecule has 0 atom stereocenters. The second-order valence-corrected chi connectivity index (χ2v) is 6.09. The number of anilines is 1. The quantitative estimate of drug-likeness (QED) is 0.654. The summed E-state index contributed by atoms with van der Waals surface area (Å²) in [7, 11) is 0. The molecule has 1 heterocycles. The Morgan fingerprint density at radius 1 is 1.08 bits per heavy atom. The third-order valence-electron chi connectivity index (χ3n) is 3.49. The Bertz CT molecular complexity index is 776. The van der Waals surface area contributed by atoms with Gasteiger partial charge in [0.05, 0.1) is 5.56 Å². The summed E-state index contributed by atoms with van der Waals surface area (Å²) in [5.74, 6) is 0.0981. The predicted molar refractivity (Wildman–Crippen MR) is 94.6 cm³/mol. The smallest absolute Gasteiger partial charge is 0.338 e. The first kappa shape index (κ1) is 17.2. The number of rotatable bonds is 5. The van der Waals surface area contributed by atoms with Crippen molar-refractivity contribution in [3.8, 4) is 11.5 Å². The van der Waals surface area contributed by atoms with E-state index in [1.807, 2.05) is 18.4 Å². The van der Waals surface area contributed by atoms with Crippen LogP contribution >= 0.6 is 11.8 Å². The maximum atomic E-state index is 12.1. The van der Waals surface area contributed by atoms with Crippen LogP contribution in [0, 0.1) is 0 Å². The lowest BCUT2D eigenvalue weighted by Gasteiger charge is -2.18. The van der Waals surface area contributed by atoms with Gasteiger partial charge in [-0.2, -0.15) is 0 Å². The molecule has 2 aromatic rings. The number of hydrogen-bond donors (Lipinski definition) is 1. The van der Waals surface area contributed by atoms with Crippen LogP contribution < -0.4 is 14.8 Å². The van der Waals surface area contributed by atoms with Gasteiger partial charge in [0.25, 0.3) is 5.91 Å². The summed E-state index contributed by atoms with van der Waals surface area (Å²) in [6.07, 6.45) is 1.98. The average molecular weight is 359 g/mol.